The average Bonchev–Trinajstić information content (AvgIpc) is 2.94. The molecule has 0 aliphatic carbocycles. The molecule has 0 aliphatic heterocycles. The molecule has 5 heteroatoms. The second-order valence-corrected chi connectivity index (χ2v) is 6.17. The number of benzene rings is 2. The van der Waals surface area contributed by atoms with Crippen LogP contribution in [0.4, 0.5) is 0 Å². The molecule has 1 heterocycles. The fourth-order valence-electron chi connectivity index (χ4n) is 2.11. The van der Waals surface area contributed by atoms with Crippen molar-refractivity contribution in [1.82, 2.24) is 4.98 Å². The molecule has 0 saturated carbocycles. The van der Waals surface area contributed by atoms with E-state index in [1.807, 2.05) is 24.3 Å². The van der Waals surface area contributed by atoms with E-state index in [1.54, 1.807) is 23.5 Å². The van der Waals surface area contributed by atoms with E-state index in [0.29, 0.717) is 5.75 Å². The van der Waals surface area contributed by atoms with Gasteiger partial charge < -0.3 is 9.84 Å². The Hall–Kier alpha value is -2.66. The summed E-state index contributed by atoms with van der Waals surface area (Å²) in [5.74, 6) is -0.444. The molecule has 0 unspecified atom stereocenters. The first kappa shape index (κ1) is 15.2. The third-order valence-corrected chi connectivity index (χ3v) is 4.22. The van der Waals surface area contributed by atoms with Gasteiger partial charge in [0.2, 0.25) is 0 Å². The number of aliphatic carboxylic acids is 1. The quantitative estimate of drug-likeness (QED) is 0.762. The van der Waals surface area contributed by atoms with Crippen molar-refractivity contribution < 1.29 is 14.6 Å². The number of aryl methyl sites for hydroxylation is 1. The number of thiazole rings is 1. The van der Waals surface area contributed by atoms with Gasteiger partial charge in [-0.1, -0.05) is 24.3 Å². The molecule has 0 saturated heterocycles. The molecule has 116 valence electrons. The minimum absolute atomic E-state index is 0.333. The molecule has 23 heavy (non-hydrogen) atoms. The van der Waals surface area contributed by atoms with Crippen molar-refractivity contribution in [2.75, 3.05) is 6.61 Å². The van der Waals surface area contributed by atoms with Crippen molar-refractivity contribution in [3.05, 3.63) is 58.6 Å². The lowest BCUT2D eigenvalue weighted by Gasteiger charge is -2.02. The third kappa shape index (κ3) is 3.96. The number of rotatable bonds is 5. The molecule has 3 aromatic rings. The summed E-state index contributed by atoms with van der Waals surface area (Å²) in [5, 5.41) is 9.53. The maximum atomic E-state index is 10.5. The van der Waals surface area contributed by atoms with Crippen molar-refractivity contribution in [2.24, 2.45) is 0 Å². The Labute approximate surface area is 137 Å². The largest absolute Gasteiger partial charge is 0.482 e. The Bertz CT molecular complexity index is 866. The van der Waals surface area contributed by atoms with Gasteiger partial charge in [0.05, 0.1) is 10.2 Å². The molecule has 2 aromatic carbocycles. The van der Waals surface area contributed by atoms with Crippen molar-refractivity contribution in [3.8, 4) is 5.75 Å². The molecule has 0 bridgehead atoms. The van der Waals surface area contributed by atoms with Gasteiger partial charge in [-0.15, -0.1) is 11.3 Å². The minimum atomic E-state index is -0.986. The van der Waals surface area contributed by atoms with E-state index in [1.165, 1.54) is 10.3 Å². The van der Waals surface area contributed by atoms with Crippen LogP contribution in [0, 0.1) is 6.92 Å². The van der Waals surface area contributed by atoms with Crippen LogP contribution in [-0.4, -0.2) is 22.7 Å². The molecule has 0 spiro atoms. The number of ether oxygens (including phenoxy) is 1. The molecule has 0 atom stereocenters. The number of hydrogen-bond donors (Lipinski definition) is 1. The van der Waals surface area contributed by atoms with Crippen LogP contribution in [0.25, 0.3) is 22.4 Å². The summed E-state index contributed by atoms with van der Waals surface area (Å²) in [6.45, 7) is 1.72. The van der Waals surface area contributed by atoms with E-state index in [4.69, 9.17) is 9.84 Å². The first-order valence-electron chi connectivity index (χ1n) is 7.10. The second-order valence-electron chi connectivity index (χ2n) is 5.11. The van der Waals surface area contributed by atoms with Crippen LogP contribution in [0.5, 0.6) is 5.75 Å². The monoisotopic (exact) mass is 325 g/mol. The van der Waals surface area contributed by atoms with E-state index in [0.717, 1.165) is 16.1 Å². The molecule has 0 fully saturated rings. The highest BCUT2D eigenvalue weighted by atomic mass is 32.1. The van der Waals surface area contributed by atoms with Crippen LogP contribution in [0.3, 0.4) is 0 Å². The lowest BCUT2D eigenvalue weighted by atomic mass is 10.2. The normalized spacial score (nSPS) is 11.2. The van der Waals surface area contributed by atoms with E-state index < -0.39 is 5.97 Å². The average molecular weight is 325 g/mol. The summed E-state index contributed by atoms with van der Waals surface area (Å²) in [6, 6.07) is 13.5. The molecule has 1 aromatic heterocycles. The van der Waals surface area contributed by atoms with Gasteiger partial charge >= 0.3 is 5.97 Å². The predicted octanol–water partition coefficient (Wildman–Crippen LogP) is 4.24. The van der Waals surface area contributed by atoms with Gasteiger partial charge in [0.15, 0.2) is 6.61 Å². The van der Waals surface area contributed by atoms with E-state index in [9.17, 15) is 4.79 Å². The Balaban J connectivity index is 1.72. The lowest BCUT2D eigenvalue weighted by molar-refractivity contribution is -0.139. The zero-order valence-corrected chi connectivity index (χ0v) is 13.3. The fourth-order valence-corrected chi connectivity index (χ4v) is 2.96. The van der Waals surface area contributed by atoms with Crippen LogP contribution in [0.1, 0.15) is 16.1 Å². The number of nitrogens with zero attached hydrogens (tertiary/aromatic N) is 1. The van der Waals surface area contributed by atoms with Crippen LogP contribution in [0.15, 0.2) is 42.5 Å². The van der Waals surface area contributed by atoms with Crippen molar-refractivity contribution in [3.63, 3.8) is 0 Å². The van der Waals surface area contributed by atoms with E-state index in [2.05, 4.69) is 30.1 Å². The molecular formula is C18H15NO3S. The summed E-state index contributed by atoms with van der Waals surface area (Å²) in [5.41, 5.74) is 3.23. The topological polar surface area (TPSA) is 59.4 Å². The van der Waals surface area contributed by atoms with Gasteiger partial charge in [-0.3, -0.25) is 0 Å². The third-order valence-electron chi connectivity index (χ3n) is 3.22. The Morgan fingerprint density at radius 3 is 2.74 bits per heavy atom. The van der Waals surface area contributed by atoms with Gasteiger partial charge in [0.25, 0.3) is 0 Å². The van der Waals surface area contributed by atoms with Gasteiger partial charge in [-0.05, 0) is 48.4 Å². The Kier molecular flexibility index (Phi) is 4.39. The van der Waals surface area contributed by atoms with Gasteiger partial charge in [-0.2, -0.15) is 0 Å². The highest BCUT2D eigenvalue weighted by Crippen LogP contribution is 2.24. The highest BCUT2D eigenvalue weighted by Gasteiger charge is 2.01. The minimum Gasteiger partial charge on any atom is -0.482 e. The molecule has 0 aliphatic rings. The summed E-state index contributed by atoms with van der Waals surface area (Å²) < 4.78 is 6.28. The molecule has 3 rings (SSSR count). The Morgan fingerprint density at radius 1 is 1.22 bits per heavy atom. The molecule has 0 amide bonds. The number of carboxylic acid groups (broad SMARTS) is 1. The Morgan fingerprint density at radius 2 is 2.00 bits per heavy atom. The smallest absolute Gasteiger partial charge is 0.341 e. The molecule has 0 radical (unpaired) electrons. The van der Waals surface area contributed by atoms with Gasteiger partial charge in [-0.25, -0.2) is 9.78 Å². The zero-order chi connectivity index (χ0) is 16.2. The van der Waals surface area contributed by atoms with Gasteiger partial charge in [0, 0.05) is 0 Å². The second kappa shape index (κ2) is 6.62. The molecule has 4 nitrogen and oxygen atoms in total. The van der Waals surface area contributed by atoms with E-state index in [-0.39, 0.29) is 6.61 Å². The number of aromatic nitrogens is 1. The van der Waals surface area contributed by atoms with Gasteiger partial charge in [0.1, 0.15) is 10.8 Å². The van der Waals surface area contributed by atoms with Crippen LogP contribution < -0.4 is 4.74 Å². The summed E-state index contributed by atoms with van der Waals surface area (Å²) >= 11 is 1.65. The fraction of sp³-hybridized carbons (Fsp3) is 0.111. The van der Waals surface area contributed by atoms with Crippen molar-refractivity contribution in [1.29, 1.82) is 0 Å². The summed E-state index contributed by atoms with van der Waals surface area (Å²) in [4.78, 5) is 15.0. The number of carboxylic acids is 1. The van der Waals surface area contributed by atoms with Crippen molar-refractivity contribution >= 4 is 39.7 Å². The number of hydrogen-bond acceptors (Lipinski definition) is 4. The summed E-state index contributed by atoms with van der Waals surface area (Å²) in [7, 11) is 0. The number of fused-ring (bicyclic) bond motifs is 1. The van der Waals surface area contributed by atoms with Crippen molar-refractivity contribution in [2.45, 2.75) is 6.92 Å². The van der Waals surface area contributed by atoms with E-state index >= 15 is 0 Å². The molecular weight excluding hydrogens is 310 g/mol. The first-order chi connectivity index (χ1) is 11.1. The summed E-state index contributed by atoms with van der Waals surface area (Å²) in [6.07, 6.45) is 3.96. The van der Waals surface area contributed by atoms with Crippen LogP contribution in [-0.2, 0) is 4.79 Å². The standard InChI is InChI=1S/C18H15NO3S/c1-12-2-8-16-15(10-12)19-17(23-16)9-5-13-3-6-14(7-4-13)22-11-18(20)21/h2-10H,11H2,1H3,(H,20,21). The SMILES string of the molecule is Cc1ccc2sc(C=Cc3ccc(OCC(=O)O)cc3)nc2c1. The highest BCUT2D eigenvalue weighted by molar-refractivity contribution is 7.19. The lowest BCUT2D eigenvalue weighted by Crippen LogP contribution is -2.09. The molecule has 1 N–H and O–H groups in total. The van der Waals surface area contributed by atoms with Crippen LogP contribution >= 0.6 is 11.3 Å². The van der Waals surface area contributed by atoms with Crippen LogP contribution in [0.2, 0.25) is 0 Å². The maximum absolute atomic E-state index is 10.5. The number of carbonyl (C=O) groups is 1. The first-order valence-corrected chi connectivity index (χ1v) is 7.92. The maximum Gasteiger partial charge on any atom is 0.341 e. The predicted molar refractivity (Wildman–Crippen MR) is 92.9 cm³/mol. The zero-order valence-electron chi connectivity index (χ0n) is 12.5.